The molecular formula is C16H15N3O. The number of rotatable bonds is 3. The minimum absolute atomic E-state index is 0.108. The van der Waals surface area contributed by atoms with E-state index < -0.39 is 0 Å². The topological polar surface area (TPSA) is 46.4 Å². The number of nitrogens with one attached hydrogen (secondary N) is 1. The highest BCUT2D eigenvalue weighted by molar-refractivity contribution is 5.99. The van der Waals surface area contributed by atoms with Gasteiger partial charge in [-0.15, -0.1) is 0 Å². The zero-order chi connectivity index (χ0) is 13.9. The Morgan fingerprint density at radius 3 is 3.00 bits per heavy atom. The van der Waals surface area contributed by atoms with E-state index in [9.17, 15) is 4.79 Å². The minimum Gasteiger partial charge on any atom is -0.348 e. The van der Waals surface area contributed by atoms with Gasteiger partial charge in [0.15, 0.2) is 0 Å². The van der Waals surface area contributed by atoms with Crippen LogP contribution in [0.15, 0.2) is 55.0 Å². The first-order valence-corrected chi connectivity index (χ1v) is 6.49. The molecule has 3 rings (SSSR count). The van der Waals surface area contributed by atoms with E-state index in [0.29, 0.717) is 17.8 Å². The number of fused-ring (bicyclic) bond motifs is 1. The first kappa shape index (κ1) is 12.4. The maximum absolute atomic E-state index is 12.3. The predicted molar refractivity (Wildman–Crippen MR) is 77.5 cm³/mol. The molecule has 1 amide bonds. The third-order valence-corrected chi connectivity index (χ3v) is 3.20. The molecule has 0 aliphatic heterocycles. The van der Waals surface area contributed by atoms with E-state index in [1.165, 1.54) is 5.56 Å². The van der Waals surface area contributed by atoms with Crippen LogP contribution in [0.25, 0.3) is 5.65 Å². The lowest BCUT2D eigenvalue weighted by Gasteiger charge is -2.07. The highest BCUT2D eigenvalue weighted by Gasteiger charge is 2.10. The van der Waals surface area contributed by atoms with E-state index in [4.69, 9.17) is 0 Å². The molecule has 0 saturated carbocycles. The number of imidazole rings is 1. The van der Waals surface area contributed by atoms with E-state index in [2.05, 4.69) is 16.4 Å². The average Bonchev–Trinajstić information content (AvgIpc) is 2.93. The van der Waals surface area contributed by atoms with Crippen molar-refractivity contribution < 1.29 is 4.79 Å². The van der Waals surface area contributed by atoms with Crippen LogP contribution in [-0.2, 0) is 6.54 Å². The lowest BCUT2D eigenvalue weighted by molar-refractivity contribution is 0.0952. The summed E-state index contributed by atoms with van der Waals surface area (Å²) in [6.45, 7) is 2.55. The quantitative estimate of drug-likeness (QED) is 0.791. The smallest absolute Gasteiger partial charge is 0.255 e. The Morgan fingerprint density at radius 2 is 2.15 bits per heavy atom. The first-order valence-electron chi connectivity index (χ1n) is 6.49. The van der Waals surface area contributed by atoms with Crippen LogP contribution >= 0.6 is 0 Å². The molecule has 3 aromatic rings. The standard InChI is InChI=1S/C16H15N3O/c1-12-4-2-5-13(10-12)11-18-16(20)14-6-3-8-19-9-7-17-15(14)19/h2-10H,11H2,1H3,(H,18,20). The van der Waals surface area contributed by atoms with Crippen LogP contribution in [0.4, 0.5) is 0 Å². The number of hydrogen-bond acceptors (Lipinski definition) is 2. The van der Waals surface area contributed by atoms with Crippen LogP contribution in [0, 0.1) is 6.92 Å². The van der Waals surface area contributed by atoms with Crippen LogP contribution < -0.4 is 5.32 Å². The Morgan fingerprint density at radius 1 is 1.25 bits per heavy atom. The van der Waals surface area contributed by atoms with Gasteiger partial charge in [0.05, 0.1) is 5.56 Å². The average molecular weight is 265 g/mol. The van der Waals surface area contributed by atoms with Crippen molar-refractivity contribution in [1.82, 2.24) is 14.7 Å². The van der Waals surface area contributed by atoms with Gasteiger partial charge in [-0.2, -0.15) is 0 Å². The fourth-order valence-corrected chi connectivity index (χ4v) is 2.23. The van der Waals surface area contributed by atoms with Crippen molar-refractivity contribution in [3.63, 3.8) is 0 Å². The normalized spacial score (nSPS) is 10.7. The fraction of sp³-hybridized carbons (Fsp3) is 0.125. The van der Waals surface area contributed by atoms with Gasteiger partial charge < -0.3 is 9.72 Å². The van der Waals surface area contributed by atoms with Crippen LogP contribution in [0.3, 0.4) is 0 Å². The van der Waals surface area contributed by atoms with Gasteiger partial charge in [0.2, 0.25) is 0 Å². The molecule has 0 spiro atoms. The molecule has 0 radical (unpaired) electrons. The maximum atomic E-state index is 12.3. The van der Waals surface area contributed by atoms with Crippen LogP contribution in [0.5, 0.6) is 0 Å². The molecule has 20 heavy (non-hydrogen) atoms. The van der Waals surface area contributed by atoms with Crippen molar-refractivity contribution in [1.29, 1.82) is 0 Å². The van der Waals surface area contributed by atoms with Crippen LogP contribution in [0.2, 0.25) is 0 Å². The Balaban J connectivity index is 1.78. The van der Waals surface area contributed by atoms with Gasteiger partial charge >= 0.3 is 0 Å². The Kier molecular flexibility index (Phi) is 3.21. The van der Waals surface area contributed by atoms with Gasteiger partial charge in [-0.25, -0.2) is 4.98 Å². The summed E-state index contributed by atoms with van der Waals surface area (Å²) in [5.74, 6) is -0.108. The van der Waals surface area contributed by atoms with E-state index >= 15 is 0 Å². The Hall–Kier alpha value is -2.62. The molecule has 0 bridgehead atoms. The fourth-order valence-electron chi connectivity index (χ4n) is 2.23. The molecule has 1 aromatic carbocycles. The van der Waals surface area contributed by atoms with E-state index in [0.717, 1.165) is 5.56 Å². The van der Waals surface area contributed by atoms with Gasteiger partial charge in [0, 0.05) is 25.1 Å². The second-order valence-electron chi connectivity index (χ2n) is 4.75. The third-order valence-electron chi connectivity index (χ3n) is 3.20. The molecule has 2 aromatic heterocycles. The molecule has 1 N–H and O–H groups in total. The number of carbonyl (C=O) groups is 1. The molecule has 0 aliphatic carbocycles. The van der Waals surface area contributed by atoms with E-state index in [1.54, 1.807) is 12.3 Å². The first-order chi connectivity index (χ1) is 9.74. The summed E-state index contributed by atoms with van der Waals surface area (Å²) in [5, 5.41) is 2.93. The van der Waals surface area contributed by atoms with Crippen molar-refractivity contribution in [2.24, 2.45) is 0 Å². The molecule has 0 saturated heterocycles. The van der Waals surface area contributed by atoms with Gasteiger partial charge in [-0.1, -0.05) is 29.8 Å². The molecular weight excluding hydrogens is 250 g/mol. The summed E-state index contributed by atoms with van der Waals surface area (Å²) in [5.41, 5.74) is 3.54. The monoisotopic (exact) mass is 265 g/mol. The lowest BCUT2D eigenvalue weighted by atomic mass is 10.1. The summed E-state index contributed by atoms with van der Waals surface area (Å²) in [6.07, 6.45) is 5.39. The van der Waals surface area contributed by atoms with Crippen molar-refractivity contribution in [3.8, 4) is 0 Å². The summed E-state index contributed by atoms with van der Waals surface area (Å²) in [4.78, 5) is 16.5. The summed E-state index contributed by atoms with van der Waals surface area (Å²) in [7, 11) is 0. The van der Waals surface area contributed by atoms with E-state index in [1.807, 2.05) is 48.0 Å². The highest BCUT2D eigenvalue weighted by Crippen LogP contribution is 2.09. The van der Waals surface area contributed by atoms with Gasteiger partial charge in [0.1, 0.15) is 5.65 Å². The SMILES string of the molecule is Cc1cccc(CNC(=O)c2cccn3ccnc23)c1. The number of nitrogens with zero attached hydrogens (tertiary/aromatic N) is 2. The zero-order valence-corrected chi connectivity index (χ0v) is 11.2. The largest absolute Gasteiger partial charge is 0.348 e. The molecule has 2 heterocycles. The molecule has 4 heteroatoms. The Bertz CT molecular complexity index is 761. The van der Waals surface area contributed by atoms with E-state index in [-0.39, 0.29) is 5.91 Å². The van der Waals surface area contributed by atoms with Crippen LogP contribution in [0.1, 0.15) is 21.5 Å². The maximum Gasteiger partial charge on any atom is 0.255 e. The van der Waals surface area contributed by atoms with Gasteiger partial charge in [0.25, 0.3) is 5.91 Å². The van der Waals surface area contributed by atoms with Crippen molar-refractivity contribution in [2.75, 3.05) is 0 Å². The number of hydrogen-bond donors (Lipinski definition) is 1. The second kappa shape index (κ2) is 5.17. The molecule has 0 unspecified atom stereocenters. The molecule has 4 nitrogen and oxygen atoms in total. The Labute approximate surface area is 117 Å². The highest BCUT2D eigenvalue weighted by atomic mass is 16.1. The molecule has 100 valence electrons. The summed E-state index contributed by atoms with van der Waals surface area (Å²) < 4.78 is 1.83. The van der Waals surface area contributed by atoms with Gasteiger partial charge in [-0.05, 0) is 24.6 Å². The van der Waals surface area contributed by atoms with Gasteiger partial charge in [-0.3, -0.25) is 4.79 Å². The molecule has 0 atom stereocenters. The number of benzene rings is 1. The number of aryl methyl sites for hydroxylation is 1. The second-order valence-corrected chi connectivity index (χ2v) is 4.75. The number of amides is 1. The number of carbonyl (C=O) groups excluding carboxylic acids is 1. The summed E-state index contributed by atoms with van der Waals surface area (Å²) in [6, 6.07) is 11.7. The molecule has 0 aliphatic rings. The predicted octanol–water partition coefficient (Wildman–Crippen LogP) is 2.57. The number of aromatic nitrogens is 2. The lowest BCUT2D eigenvalue weighted by Crippen LogP contribution is -2.23. The van der Waals surface area contributed by atoms with Crippen molar-refractivity contribution in [2.45, 2.75) is 13.5 Å². The number of pyridine rings is 1. The van der Waals surface area contributed by atoms with Crippen molar-refractivity contribution >= 4 is 11.6 Å². The van der Waals surface area contributed by atoms with Crippen molar-refractivity contribution in [3.05, 3.63) is 71.7 Å². The molecule has 0 fully saturated rings. The van der Waals surface area contributed by atoms with Crippen LogP contribution in [-0.4, -0.2) is 15.3 Å². The zero-order valence-electron chi connectivity index (χ0n) is 11.2. The third kappa shape index (κ3) is 2.40. The summed E-state index contributed by atoms with van der Waals surface area (Å²) >= 11 is 0. The minimum atomic E-state index is -0.108.